The van der Waals surface area contributed by atoms with E-state index in [9.17, 15) is 13.2 Å². The molecule has 0 saturated heterocycles. The molecule has 3 aromatic rings. The number of halogens is 3. The average Bonchev–Trinajstić information content (AvgIpc) is 3.00. The average molecular weight is 396 g/mol. The van der Waals surface area contributed by atoms with E-state index >= 15 is 0 Å². The van der Waals surface area contributed by atoms with Crippen molar-refractivity contribution in [3.63, 3.8) is 0 Å². The number of nitrogens with two attached hydrogens (primary N) is 1. The normalized spacial score (nSPS) is 11.0. The van der Waals surface area contributed by atoms with Gasteiger partial charge in [-0.15, -0.1) is 10.2 Å². The van der Waals surface area contributed by atoms with Crippen LogP contribution in [-0.2, 0) is 0 Å². The van der Waals surface area contributed by atoms with E-state index in [2.05, 4.69) is 14.9 Å². The van der Waals surface area contributed by atoms with Crippen molar-refractivity contribution in [3.8, 4) is 22.9 Å². The highest BCUT2D eigenvalue weighted by Crippen LogP contribution is 2.24. The minimum atomic E-state index is -2.88. The summed E-state index contributed by atoms with van der Waals surface area (Å²) in [6.45, 7) is -2.55. The molecule has 1 aromatic heterocycles. The van der Waals surface area contributed by atoms with E-state index in [1.165, 1.54) is 40.7 Å². The summed E-state index contributed by atoms with van der Waals surface area (Å²) in [6, 6.07) is 11.8. The van der Waals surface area contributed by atoms with Gasteiger partial charge in [0.25, 0.3) is 0 Å². The zero-order valence-corrected chi connectivity index (χ0v) is 14.7. The maximum absolute atomic E-state index is 13.1. The van der Waals surface area contributed by atoms with Gasteiger partial charge in [0.2, 0.25) is 5.16 Å². The Kier molecular flexibility index (Phi) is 6.07. The van der Waals surface area contributed by atoms with Crippen LogP contribution in [0.3, 0.4) is 0 Å². The smallest absolute Gasteiger partial charge is 0.387 e. The molecule has 0 bridgehead atoms. The molecule has 0 saturated carbocycles. The second-order valence-corrected chi connectivity index (χ2v) is 6.30. The van der Waals surface area contributed by atoms with Crippen molar-refractivity contribution in [1.29, 1.82) is 0 Å². The molecule has 0 atom stereocenters. The maximum atomic E-state index is 13.1. The minimum Gasteiger partial charge on any atom is -0.493 e. The van der Waals surface area contributed by atoms with Crippen molar-refractivity contribution in [1.82, 2.24) is 14.9 Å². The first-order valence-electron chi connectivity index (χ1n) is 7.80. The summed E-state index contributed by atoms with van der Waals surface area (Å²) < 4.78 is 48.5. The van der Waals surface area contributed by atoms with Crippen molar-refractivity contribution in [2.75, 3.05) is 18.2 Å². The number of nitrogen functional groups attached to an aromatic ring is 1. The van der Waals surface area contributed by atoms with E-state index in [0.29, 0.717) is 34.7 Å². The van der Waals surface area contributed by atoms with E-state index in [0.717, 1.165) is 0 Å². The summed E-state index contributed by atoms with van der Waals surface area (Å²) in [5.74, 6) is 7.02. The van der Waals surface area contributed by atoms with Gasteiger partial charge < -0.3 is 15.3 Å². The first-order valence-corrected chi connectivity index (χ1v) is 8.78. The molecular formula is C17H15F3N4O2S. The summed E-state index contributed by atoms with van der Waals surface area (Å²) in [5.41, 5.74) is 0.606. The van der Waals surface area contributed by atoms with E-state index < -0.39 is 6.61 Å². The van der Waals surface area contributed by atoms with Gasteiger partial charge in [0, 0.05) is 17.4 Å². The number of nitrogens with zero attached hydrogens (tertiary/aromatic N) is 3. The highest BCUT2D eigenvalue weighted by molar-refractivity contribution is 7.99. The Balaban J connectivity index is 1.56. The Morgan fingerprint density at radius 3 is 2.56 bits per heavy atom. The third kappa shape index (κ3) is 5.07. The van der Waals surface area contributed by atoms with Crippen molar-refractivity contribution >= 4 is 11.8 Å². The molecule has 10 heteroatoms. The summed E-state index contributed by atoms with van der Waals surface area (Å²) in [5, 5.41) is 8.48. The Bertz CT molecular complexity index is 890. The zero-order valence-electron chi connectivity index (χ0n) is 13.9. The van der Waals surface area contributed by atoms with Crippen LogP contribution in [-0.4, -0.2) is 33.8 Å². The Morgan fingerprint density at radius 1 is 1.07 bits per heavy atom. The summed E-state index contributed by atoms with van der Waals surface area (Å²) in [6.07, 6.45) is 0. The van der Waals surface area contributed by atoms with Crippen LogP contribution >= 0.6 is 11.8 Å². The molecule has 27 heavy (non-hydrogen) atoms. The quantitative estimate of drug-likeness (QED) is 0.356. The van der Waals surface area contributed by atoms with E-state index in [1.54, 1.807) is 24.3 Å². The highest BCUT2D eigenvalue weighted by Gasteiger charge is 2.13. The molecule has 0 radical (unpaired) electrons. The second kappa shape index (κ2) is 8.67. The molecule has 3 rings (SSSR count). The Morgan fingerprint density at radius 2 is 1.85 bits per heavy atom. The topological polar surface area (TPSA) is 75.2 Å². The largest absolute Gasteiger partial charge is 0.493 e. The number of benzene rings is 2. The van der Waals surface area contributed by atoms with Crippen LogP contribution in [0.25, 0.3) is 11.4 Å². The first kappa shape index (κ1) is 18.9. The zero-order chi connectivity index (χ0) is 19.2. The molecule has 6 nitrogen and oxygen atoms in total. The molecule has 0 fully saturated rings. The molecule has 0 aliphatic rings. The Hall–Kier alpha value is -2.88. The molecule has 2 aromatic carbocycles. The lowest BCUT2D eigenvalue weighted by molar-refractivity contribution is -0.0498. The number of ether oxygens (including phenoxy) is 2. The second-order valence-electron chi connectivity index (χ2n) is 5.23. The fourth-order valence-corrected chi connectivity index (χ4v) is 2.88. The number of alkyl halides is 2. The van der Waals surface area contributed by atoms with Gasteiger partial charge in [-0.1, -0.05) is 17.8 Å². The maximum Gasteiger partial charge on any atom is 0.387 e. The molecule has 0 amide bonds. The van der Waals surface area contributed by atoms with Gasteiger partial charge in [0.1, 0.15) is 17.3 Å². The summed E-state index contributed by atoms with van der Waals surface area (Å²) >= 11 is 1.32. The standard InChI is InChI=1S/C17H15F3N4O2S/c18-12-2-1-3-14(10-12)25-8-9-27-17-23-22-15(24(17)21)11-4-6-13(7-5-11)26-16(19)20/h1-7,10,16H,8-9,21H2. The van der Waals surface area contributed by atoms with Gasteiger partial charge in [-0.3, -0.25) is 0 Å². The third-order valence-electron chi connectivity index (χ3n) is 3.38. The van der Waals surface area contributed by atoms with Crippen molar-refractivity contribution in [2.45, 2.75) is 11.8 Å². The highest BCUT2D eigenvalue weighted by atomic mass is 32.2. The van der Waals surface area contributed by atoms with Crippen LogP contribution in [0.5, 0.6) is 11.5 Å². The SMILES string of the molecule is Nn1c(SCCOc2cccc(F)c2)nnc1-c1ccc(OC(F)F)cc1. The van der Waals surface area contributed by atoms with Gasteiger partial charge in [0.05, 0.1) is 6.61 Å². The Labute approximate surface area is 157 Å². The first-order chi connectivity index (χ1) is 13.0. The van der Waals surface area contributed by atoms with Gasteiger partial charge in [0.15, 0.2) is 5.82 Å². The lowest BCUT2D eigenvalue weighted by Gasteiger charge is -2.07. The van der Waals surface area contributed by atoms with Crippen LogP contribution in [0.4, 0.5) is 13.2 Å². The molecule has 1 heterocycles. The monoisotopic (exact) mass is 396 g/mol. The van der Waals surface area contributed by atoms with Crippen LogP contribution in [0.2, 0.25) is 0 Å². The van der Waals surface area contributed by atoms with Crippen molar-refractivity contribution < 1.29 is 22.6 Å². The van der Waals surface area contributed by atoms with Crippen molar-refractivity contribution in [2.24, 2.45) is 0 Å². The third-order valence-corrected chi connectivity index (χ3v) is 4.29. The predicted molar refractivity (Wildman–Crippen MR) is 94.9 cm³/mol. The molecule has 0 spiro atoms. The van der Waals surface area contributed by atoms with Crippen LogP contribution in [0, 0.1) is 5.82 Å². The number of rotatable bonds is 8. The van der Waals surface area contributed by atoms with Crippen molar-refractivity contribution in [3.05, 3.63) is 54.3 Å². The minimum absolute atomic E-state index is 0.0425. The van der Waals surface area contributed by atoms with E-state index in [1.807, 2.05) is 0 Å². The van der Waals surface area contributed by atoms with Crippen LogP contribution in [0.1, 0.15) is 0 Å². The molecule has 0 aliphatic carbocycles. The molecular weight excluding hydrogens is 381 g/mol. The number of thioether (sulfide) groups is 1. The predicted octanol–water partition coefficient (Wildman–Crippen LogP) is 3.57. The fraction of sp³-hybridized carbons (Fsp3) is 0.176. The van der Waals surface area contributed by atoms with E-state index in [-0.39, 0.29) is 11.6 Å². The summed E-state index contributed by atoms with van der Waals surface area (Å²) in [7, 11) is 0. The number of hydrogen-bond donors (Lipinski definition) is 1. The lowest BCUT2D eigenvalue weighted by Crippen LogP contribution is -2.12. The molecule has 2 N–H and O–H groups in total. The van der Waals surface area contributed by atoms with Gasteiger partial charge in [-0.25, -0.2) is 9.07 Å². The fourth-order valence-electron chi connectivity index (χ4n) is 2.21. The number of hydrogen-bond acceptors (Lipinski definition) is 6. The van der Waals surface area contributed by atoms with Crippen LogP contribution in [0.15, 0.2) is 53.7 Å². The van der Waals surface area contributed by atoms with Gasteiger partial charge in [-0.2, -0.15) is 8.78 Å². The van der Waals surface area contributed by atoms with Gasteiger partial charge >= 0.3 is 6.61 Å². The lowest BCUT2D eigenvalue weighted by atomic mass is 10.2. The molecule has 142 valence electrons. The molecule has 0 unspecified atom stereocenters. The molecule has 0 aliphatic heterocycles. The van der Waals surface area contributed by atoms with Gasteiger partial charge in [-0.05, 0) is 36.4 Å². The van der Waals surface area contributed by atoms with Crippen LogP contribution < -0.4 is 15.3 Å². The number of aromatic nitrogens is 3. The van der Waals surface area contributed by atoms with E-state index in [4.69, 9.17) is 10.6 Å². The summed E-state index contributed by atoms with van der Waals surface area (Å²) in [4.78, 5) is 0.